The van der Waals surface area contributed by atoms with Crippen molar-refractivity contribution in [2.24, 2.45) is 0 Å². The highest BCUT2D eigenvalue weighted by molar-refractivity contribution is 14.1. The first-order chi connectivity index (χ1) is 13.1. The molecule has 1 heterocycles. The fourth-order valence-electron chi connectivity index (χ4n) is 2.93. The zero-order chi connectivity index (χ0) is 19.2. The van der Waals surface area contributed by atoms with Gasteiger partial charge in [-0.3, -0.25) is 9.59 Å². The molecule has 2 aromatic carbocycles. The Morgan fingerprint density at radius 1 is 0.926 bits per heavy atom. The Morgan fingerprint density at radius 3 is 2.19 bits per heavy atom. The summed E-state index contributed by atoms with van der Waals surface area (Å²) in [5.41, 5.74) is 0.706. The molecule has 0 atom stereocenters. The maximum atomic E-state index is 12.7. The van der Waals surface area contributed by atoms with E-state index >= 15 is 0 Å². The number of ether oxygens (including phenoxy) is 2. The number of carbonyl (C=O) groups is 2. The second-order valence-electron chi connectivity index (χ2n) is 6.09. The van der Waals surface area contributed by atoms with Crippen LogP contribution in [-0.4, -0.2) is 61.5 Å². The molecular weight excluding hydrogens is 459 g/mol. The summed E-state index contributed by atoms with van der Waals surface area (Å²) in [5.74, 6) is 1.05. The van der Waals surface area contributed by atoms with E-state index in [0.717, 1.165) is 3.57 Å². The van der Waals surface area contributed by atoms with Crippen molar-refractivity contribution in [3.8, 4) is 11.5 Å². The summed E-state index contributed by atoms with van der Waals surface area (Å²) in [5, 5.41) is 0. The number of amides is 2. The molecule has 27 heavy (non-hydrogen) atoms. The van der Waals surface area contributed by atoms with Crippen molar-refractivity contribution < 1.29 is 19.1 Å². The van der Waals surface area contributed by atoms with Crippen molar-refractivity contribution in [3.05, 3.63) is 57.7 Å². The van der Waals surface area contributed by atoms with Crippen molar-refractivity contribution >= 4 is 34.4 Å². The van der Waals surface area contributed by atoms with Gasteiger partial charge in [0.15, 0.2) is 18.1 Å². The van der Waals surface area contributed by atoms with Crippen LogP contribution in [0.3, 0.4) is 0 Å². The average Bonchev–Trinajstić information content (AvgIpc) is 2.72. The zero-order valence-corrected chi connectivity index (χ0v) is 17.2. The fraction of sp³-hybridized carbons (Fsp3) is 0.300. The molecule has 0 N–H and O–H groups in total. The normalized spacial score (nSPS) is 14.0. The van der Waals surface area contributed by atoms with Gasteiger partial charge >= 0.3 is 0 Å². The standard InChI is InChI=1S/C20H21IN2O4/c1-26-17-8-4-5-9-18(17)27-14-19(24)22-10-12-23(13-11-22)20(25)15-6-2-3-7-16(15)21/h2-9H,10-14H2,1H3. The predicted molar refractivity (Wildman–Crippen MR) is 110 cm³/mol. The van der Waals surface area contributed by atoms with Crippen molar-refractivity contribution in [1.29, 1.82) is 0 Å². The summed E-state index contributed by atoms with van der Waals surface area (Å²) in [4.78, 5) is 28.6. The number of hydrogen-bond acceptors (Lipinski definition) is 4. The molecule has 142 valence electrons. The molecule has 0 unspecified atom stereocenters. The largest absolute Gasteiger partial charge is 0.493 e. The molecule has 0 saturated carbocycles. The van der Waals surface area contributed by atoms with E-state index in [2.05, 4.69) is 22.6 Å². The Morgan fingerprint density at radius 2 is 1.52 bits per heavy atom. The minimum atomic E-state index is -0.0951. The van der Waals surface area contributed by atoms with Crippen LogP contribution in [0.25, 0.3) is 0 Å². The molecule has 0 spiro atoms. The molecule has 1 fully saturated rings. The summed E-state index contributed by atoms with van der Waals surface area (Å²) >= 11 is 2.17. The lowest BCUT2D eigenvalue weighted by molar-refractivity contribution is -0.134. The van der Waals surface area contributed by atoms with Crippen molar-refractivity contribution in [2.45, 2.75) is 0 Å². The molecule has 0 aromatic heterocycles. The maximum Gasteiger partial charge on any atom is 0.260 e. The quantitative estimate of drug-likeness (QED) is 0.618. The molecular formula is C20H21IN2O4. The third-order valence-corrected chi connectivity index (χ3v) is 5.38. The predicted octanol–water partition coefficient (Wildman–Crippen LogP) is 2.66. The van der Waals surface area contributed by atoms with Gasteiger partial charge in [0.05, 0.1) is 12.7 Å². The van der Waals surface area contributed by atoms with E-state index in [1.807, 2.05) is 36.4 Å². The first-order valence-electron chi connectivity index (χ1n) is 8.67. The number of hydrogen-bond donors (Lipinski definition) is 0. The Kier molecular flexibility index (Phi) is 6.54. The van der Waals surface area contributed by atoms with E-state index in [0.29, 0.717) is 43.2 Å². The number of carbonyl (C=O) groups excluding carboxylic acids is 2. The van der Waals surface area contributed by atoms with Gasteiger partial charge in [0.1, 0.15) is 0 Å². The van der Waals surface area contributed by atoms with Crippen molar-refractivity contribution in [1.82, 2.24) is 9.80 Å². The first-order valence-corrected chi connectivity index (χ1v) is 9.75. The number of piperazine rings is 1. The molecule has 0 bridgehead atoms. The summed E-state index contributed by atoms with van der Waals surface area (Å²) in [6, 6.07) is 14.8. The lowest BCUT2D eigenvalue weighted by Crippen LogP contribution is -2.51. The van der Waals surface area contributed by atoms with Gasteiger partial charge < -0.3 is 19.3 Å². The third-order valence-electron chi connectivity index (χ3n) is 4.44. The highest BCUT2D eigenvalue weighted by Gasteiger charge is 2.26. The van der Waals surface area contributed by atoms with Crippen LogP contribution in [-0.2, 0) is 4.79 Å². The van der Waals surface area contributed by atoms with Gasteiger partial charge in [0.25, 0.3) is 11.8 Å². The van der Waals surface area contributed by atoms with E-state index in [4.69, 9.17) is 9.47 Å². The van der Waals surface area contributed by atoms with Crippen LogP contribution in [0, 0.1) is 3.57 Å². The minimum Gasteiger partial charge on any atom is -0.493 e. The molecule has 6 nitrogen and oxygen atoms in total. The van der Waals surface area contributed by atoms with Crippen LogP contribution < -0.4 is 9.47 Å². The van der Waals surface area contributed by atoms with Gasteiger partial charge in [0.2, 0.25) is 0 Å². The van der Waals surface area contributed by atoms with E-state index in [1.54, 1.807) is 29.0 Å². The van der Waals surface area contributed by atoms with Crippen LogP contribution >= 0.6 is 22.6 Å². The molecule has 1 saturated heterocycles. The molecule has 3 rings (SSSR count). The topological polar surface area (TPSA) is 59.1 Å². The Bertz CT molecular complexity index is 819. The van der Waals surface area contributed by atoms with Crippen molar-refractivity contribution in [2.75, 3.05) is 39.9 Å². The highest BCUT2D eigenvalue weighted by Crippen LogP contribution is 2.25. The smallest absolute Gasteiger partial charge is 0.260 e. The summed E-state index contributed by atoms with van der Waals surface area (Å²) in [6.45, 7) is 1.99. The van der Waals surface area contributed by atoms with Crippen LogP contribution in [0.2, 0.25) is 0 Å². The maximum absolute atomic E-state index is 12.7. The average molecular weight is 480 g/mol. The van der Waals surface area contributed by atoms with Crippen LogP contribution in [0.5, 0.6) is 11.5 Å². The number of para-hydroxylation sites is 2. The molecule has 0 radical (unpaired) electrons. The number of rotatable bonds is 5. The number of halogens is 1. The Labute approximate surface area is 172 Å². The van der Waals surface area contributed by atoms with Crippen LogP contribution in [0.15, 0.2) is 48.5 Å². The molecule has 1 aliphatic rings. The Hall–Kier alpha value is -2.29. The monoisotopic (exact) mass is 480 g/mol. The first kappa shape index (κ1) is 19.5. The van der Waals surface area contributed by atoms with E-state index in [9.17, 15) is 9.59 Å². The summed E-state index contributed by atoms with van der Waals surface area (Å²) < 4.78 is 11.8. The lowest BCUT2D eigenvalue weighted by Gasteiger charge is -2.35. The second kappa shape index (κ2) is 9.07. The summed E-state index contributed by atoms with van der Waals surface area (Å²) in [7, 11) is 1.56. The third kappa shape index (κ3) is 4.71. The lowest BCUT2D eigenvalue weighted by atomic mass is 10.2. The zero-order valence-electron chi connectivity index (χ0n) is 15.1. The Balaban J connectivity index is 1.52. The molecule has 2 amide bonds. The molecule has 7 heteroatoms. The summed E-state index contributed by atoms with van der Waals surface area (Å²) in [6.07, 6.45) is 0. The fourth-order valence-corrected chi connectivity index (χ4v) is 3.55. The SMILES string of the molecule is COc1ccccc1OCC(=O)N1CCN(C(=O)c2ccccc2I)CC1. The molecule has 2 aromatic rings. The molecule has 1 aliphatic heterocycles. The van der Waals surface area contributed by atoms with Crippen LogP contribution in [0.1, 0.15) is 10.4 Å². The van der Waals surface area contributed by atoms with Gasteiger partial charge in [-0.05, 0) is 46.9 Å². The highest BCUT2D eigenvalue weighted by atomic mass is 127. The molecule has 0 aliphatic carbocycles. The number of nitrogens with zero attached hydrogens (tertiary/aromatic N) is 2. The number of benzene rings is 2. The van der Waals surface area contributed by atoms with Crippen LogP contribution in [0.4, 0.5) is 0 Å². The van der Waals surface area contributed by atoms with Gasteiger partial charge in [-0.1, -0.05) is 24.3 Å². The van der Waals surface area contributed by atoms with E-state index in [1.165, 1.54) is 0 Å². The van der Waals surface area contributed by atoms with E-state index in [-0.39, 0.29) is 18.4 Å². The minimum absolute atomic E-state index is 0.0115. The van der Waals surface area contributed by atoms with Crippen molar-refractivity contribution in [3.63, 3.8) is 0 Å². The second-order valence-corrected chi connectivity index (χ2v) is 7.25. The van der Waals surface area contributed by atoms with Gasteiger partial charge in [-0.2, -0.15) is 0 Å². The van der Waals surface area contributed by atoms with E-state index < -0.39 is 0 Å². The van der Waals surface area contributed by atoms with Gasteiger partial charge in [0, 0.05) is 29.7 Å². The van der Waals surface area contributed by atoms with Gasteiger partial charge in [-0.25, -0.2) is 0 Å². The number of methoxy groups -OCH3 is 1. The van der Waals surface area contributed by atoms with Gasteiger partial charge in [-0.15, -0.1) is 0 Å².